The van der Waals surface area contributed by atoms with Crippen molar-refractivity contribution in [3.8, 4) is 0 Å². The molecule has 1 amide bonds. The average molecular weight is 323 g/mol. The van der Waals surface area contributed by atoms with Crippen molar-refractivity contribution in [3.05, 3.63) is 58.6 Å². The van der Waals surface area contributed by atoms with Gasteiger partial charge in [-0.3, -0.25) is 4.79 Å². The summed E-state index contributed by atoms with van der Waals surface area (Å²) < 4.78 is 0. The highest BCUT2D eigenvalue weighted by molar-refractivity contribution is 6.31. The maximum Gasteiger partial charge on any atom is 0.249 e. The van der Waals surface area contributed by atoms with Crippen LogP contribution in [-0.4, -0.2) is 11.4 Å². The fraction of sp³-hybridized carbons (Fsp3) is 0.188. The van der Waals surface area contributed by atoms with Gasteiger partial charge in [-0.25, -0.2) is 0 Å². The first-order valence-electron chi connectivity index (χ1n) is 6.47. The molecule has 0 fully saturated rings. The zero-order valence-corrected chi connectivity index (χ0v) is 13.3. The van der Waals surface area contributed by atoms with Crippen LogP contribution < -0.4 is 10.6 Å². The minimum Gasteiger partial charge on any atom is -0.372 e. The number of amides is 1. The molecule has 0 radical (unpaired) electrons. The van der Waals surface area contributed by atoms with Crippen molar-refractivity contribution in [2.24, 2.45) is 0 Å². The van der Waals surface area contributed by atoms with Gasteiger partial charge >= 0.3 is 0 Å². The second-order valence-corrected chi connectivity index (χ2v) is 6.09. The summed E-state index contributed by atoms with van der Waals surface area (Å²) in [5.74, 6) is -0.139. The molecule has 0 unspecified atom stereocenters. The molecule has 0 saturated heterocycles. The summed E-state index contributed by atoms with van der Waals surface area (Å²) in [6.45, 7) is 3.62. The van der Waals surface area contributed by atoms with Crippen LogP contribution in [0.4, 0.5) is 11.4 Å². The SMILES string of the molecule is CC(C)(Nc1ccc(Cl)cc1)C(=O)Nc1ccc(Cl)cc1. The number of halogens is 2. The first kappa shape index (κ1) is 15.7. The largest absolute Gasteiger partial charge is 0.372 e. The van der Waals surface area contributed by atoms with Crippen LogP contribution in [0.25, 0.3) is 0 Å². The Hall–Kier alpha value is -1.71. The van der Waals surface area contributed by atoms with E-state index in [2.05, 4.69) is 10.6 Å². The van der Waals surface area contributed by atoms with Crippen LogP contribution in [0.1, 0.15) is 13.8 Å². The highest BCUT2D eigenvalue weighted by atomic mass is 35.5. The smallest absolute Gasteiger partial charge is 0.249 e. The number of rotatable bonds is 4. The molecular formula is C16H16Cl2N2O. The Labute approximate surface area is 134 Å². The van der Waals surface area contributed by atoms with Gasteiger partial charge in [-0.1, -0.05) is 23.2 Å². The number of hydrogen-bond acceptors (Lipinski definition) is 2. The number of carbonyl (C=O) groups is 1. The van der Waals surface area contributed by atoms with Crippen molar-refractivity contribution < 1.29 is 4.79 Å². The Balaban J connectivity index is 2.05. The van der Waals surface area contributed by atoms with Crippen LogP contribution in [0.15, 0.2) is 48.5 Å². The van der Waals surface area contributed by atoms with Gasteiger partial charge < -0.3 is 10.6 Å². The number of hydrogen-bond donors (Lipinski definition) is 2. The topological polar surface area (TPSA) is 41.1 Å². The van der Waals surface area contributed by atoms with Crippen molar-refractivity contribution in [1.29, 1.82) is 0 Å². The summed E-state index contributed by atoms with van der Waals surface area (Å²) in [6.07, 6.45) is 0. The van der Waals surface area contributed by atoms with E-state index in [1.54, 1.807) is 36.4 Å². The van der Waals surface area contributed by atoms with Crippen LogP contribution >= 0.6 is 23.2 Å². The number of carbonyl (C=O) groups excluding carboxylic acids is 1. The van der Waals surface area contributed by atoms with Crippen LogP contribution in [0, 0.1) is 0 Å². The molecule has 2 aromatic rings. The van der Waals surface area contributed by atoms with E-state index in [9.17, 15) is 4.79 Å². The third-order valence-electron chi connectivity index (χ3n) is 2.97. The molecule has 0 saturated carbocycles. The van der Waals surface area contributed by atoms with Crippen LogP contribution in [0.5, 0.6) is 0 Å². The summed E-state index contributed by atoms with van der Waals surface area (Å²) in [4.78, 5) is 12.4. The normalized spacial score (nSPS) is 11.0. The zero-order chi connectivity index (χ0) is 15.5. The Morgan fingerprint density at radius 1 is 0.857 bits per heavy atom. The van der Waals surface area contributed by atoms with Gasteiger partial charge in [0, 0.05) is 21.4 Å². The third-order valence-corrected chi connectivity index (χ3v) is 3.47. The molecule has 2 rings (SSSR count). The van der Waals surface area contributed by atoms with Crippen LogP contribution in [-0.2, 0) is 4.79 Å². The quantitative estimate of drug-likeness (QED) is 0.847. The summed E-state index contributed by atoms with van der Waals surface area (Å²) in [6, 6.07) is 14.2. The summed E-state index contributed by atoms with van der Waals surface area (Å²) in [7, 11) is 0. The lowest BCUT2D eigenvalue weighted by Crippen LogP contribution is -2.44. The maximum absolute atomic E-state index is 12.4. The zero-order valence-electron chi connectivity index (χ0n) is 11.8. The van der Waals surface area contributed by atoms with E-state index in [4.69, 9.17) is 23.2 Å². The van der Waals surface area contributed by atoms with E-state index >= 15 is 0 Å². The molecule has 110 valence electrons. The predicted molar refractivity (Wildman–Crippen MR) is 89.2 cm³/mol. The molecule has 21 heavy (non-hydrogen) atoms. The van der Waals surface area contributed by atoms with Crippen molar-refractivity contribution in [3.63, 3.8) is 0 Å². The maximum atomic E-state index is 12.4. The molecule has 0 bridgehead atoms. The van der Waals surface area contributed by atoms with Gasteiger partial charge in [0.05, 0.1) is 0 Å². The molecule has 0 heterocycles. The predicted octanol–water partition coefficient (Wildman–Crippen LogP) is 4.82. The molecule has 0 aliphatic heterocycles. The van der Waals surface area contributed by atoms with Gasteiger partial charge in [0.1, 0.15) is 5.54 Å². The van der Waals surface area contributed by atoms with Gasteiger partial charge in [0.2, 0.25) is 5.91 Å². The fourth-order valence-electron chi connectivity index (χ4n) is 1.77. The number of benzene rings is 2. The van der Waals surface area contributed by atoms with E-state index in [-0.39, 0.29) is 5.91 Å². The summed E-state index contributed by atoms with van der Waals surface area (Å²) in [5.41, 5.74) is 0.763. The Morgan fingerprint density at radius 3 is 1.76 bits per heavy atom. The van der Waals surface area contributed by atoms with Crippen molar-refractivity contribution in [2.75, 3.05) is 10.6 Å². The monoisotopic (exact) mass is 322 g/mol. The van der Waals surface area contributed by atoms with Gasteiger partial charge in [-0.2, -0.15) is 0 Å². The van der Waals surface area contributed by atoms with E-state index < -0.39 is 5.54 Å². The van der Waals surface area contributed by atoms with E-state index in [1.165, 1.54) is 0 Å². The summed E-state index contributed by atoms with van der Waals surface area (Å²) >= 11 is 11.7. The van der Waals surface area contributed by atoms with E-state index in [0.717, 1.165) is 5.69 Å². The lowest BCUT2D eigenvalue weighted by atomic mass is 10.0. The standard InChI is InChI=1S/C16H16Cl2N2O/c1-16(2,20-14-9-5-12(18)6-10-14)15(21)19-13-7-3-11(17)4-8-13/h3-10,20H,1-2H3,(H,19,21). The molecule has 0 aliphatic rings. The minimum atomic E-state index is -0.770. The summed E-state index contributed by atoms with van der Waals surface area (Å²) in [5, 5.41) is 7.32. The van der Waals surface area contributed by atoms with Gasteiger partial charge in [-0.05, 0) is 62.4 Å². The fourth-order valence-corrected chi connectivity index (χ4v) is 2.02. The first-order chi connectivity index (χ1) is 9.87. The lowest BCUT2D eigenvalue weighted by Gasteiger charge is -2.26. The van der Waals surface area contributed by atoms with E-state index in [1.807, 2.05) is 26.0 Å². The van der Waals surface area contributed by atoms with Crippen LogP contribution in [0.3, 0.4) is 0 Å². The number of anilines is 2. The van der Waals surface area contributed by atoms with Gasteiger partial charge in [0.25, 0.3) is 0 Å². The minimum absolute atomic E-state index is 0.139. The first-order valence-corrected chi connectivity index (χ1v) is 7.23. The molecule has 2 aromatic carbocycles. The lowest BCUT2D eigenvalue weighted by molar-refractivity contribution is -0.119. The highest BCUT2D eigenvalue weighted by Gasteiger charge is 2.27. The second kappa shape index (κ2) is 6.37. The Kier molecular flexibility index (Phi) is 4.76. The second-order valence-electron chi connectivity index (χ2n) is 5.22. The number of nitrogens with one attached hydrogen (secondary N) is 2. The van der Waals surface area contributed by atoms with E-state index in [0.29, 0.717) is 15.7 Å². The molecule has 5 heteroatoms. The van der Waals surface area contributed by atoms with Crippen molar-refractivity contribution >= 4 is 40.5 Å². The Morgan fingerprint density at radius 2 is 1.29 bits per heavy atom. The highest BCUT2D eigenvalue weighted by Crippen LogP contribution is 2.20. The van der Waals surface area contributed by atoms with Gasteiger partial charge in [0.15, 0.2) is 0 Å². The molecule has 0 aromatic heterocycles. The molecule has 2 N–H and O–H groups in total. The van der Waals surface area contributed by atoms with Crippen molar-refractivity contribution in [1.82, 2.24) is 0 Å². The van der Waals surface area contributed by atoms with Gasteiger partial charge in [-0.15, -0.1) is 0 Å². The molecule has 0 atom stereocenters. The molecule has 3 nitrogen and oxygen atoms in total. The third kappa shape index (κ3) is 4.38. The average Bonchev–Trinajstić information content (AvgIpc) is 2.43. The molecular weight excluding hydrogens is 307 g/mol. The molecule has 0 aliphatic carbocycles. The van der Waals surface area contributed by atoms with Crippen molar-refractivity contribution in [2.45, 2.75) is 19.4 Å². The Bertz CT molecular complexity index is 622. The van der Waals surface area contributed by atoms with Crippen LogP contribution in [0.2, 0.25) is 10.0 Å². The molecule has 0 spiro atoms.